The minimum absolute atomic E-state index is 0.758. The smallest absolute Gasteiger partial charge is 0.0605 e. The molecule has 3 heteroatoms. The van der Waals surface area contributed by atoms with Gasteiger partial charge in [0, 0.05) is 17.8 Å². The maximum atomic E-state index is 5.96. The van der Waals surface area contributed by atoms with Crippen molar-refractivity contribution < 1.29 is 0 Å². The lowest BCUT2D eigenvalue weighted by Crippen LogP contribution is -2.15. The molecule has 0 amide bonds. The molecule has 2 rings (SSSR count). The summed E-state index contributed by atoms with van der Waals surface area (Å²) in [5.41, 5.74) is 2.36. The molecular formula is C13H17ClN2. The van der Waals surface area contributed by atoms with Crippen LogP contribution in [0, 0.1) is 0 Å². The second kappa shape index (κ2) is 5.35. The van der Waals surface area contributed by atoms with Gasteiger partial charge in [0.15, 0.2) is 0 Å². The number of hydrazone groups is 1. The Labute approximate surface area is 102 Å². The summed E-state index contributed by atoms with van der Waals surface area (Å²) in [6, 6.07) is 7.80. The molecule has 0 heterocycles. The summed E-state index contributed by atoms with van der Waals surface area (Å²) in [5, 5.41) is 7.32. The highest BCUT2D eigenvalue weighted by atomic mass is 35.5. The molecule has 1 saturated carbocycles. The molecule has 0 bridgehead atoms. The fourth-order valence-electron chi connectivity index (χ4n) is 2.01. The standard InChI is InChI=1S/C13H17ClN2/c1-16(13-9-5-6-11(14)10-13)15-12-7-3-2-4-8-12/h5-6,9-10H,2-4,7-8H2,1H3. The van der Waals surface area contributed by atoms with E-state index < -0.39 is 0 Å². The first-order valence-electron chi connectivity index (χ1n) is 5.81. The van der Waals surface area contributed by atoms with E-state index in [0.717, 1.165) is 23.6 Å². The first-order chi connectivity index (χ1) is 7.75. The largest absolute Gasteiger partial charge is 0.269 e. The number of nitrogens with zero attached hydrogens (tertiary/aromatic N) is 2. The zero-order valence-corrected chi connectivity index (χ0v) is 10.4. The molecule has 1 aromatic rings. The van der Waals surface area contributed by atoms with Crippen LogP contribution in [0.25, 0.3) is 0 Å². The van der Waals surface area contributed by atoms with Crippen LogP contribution in [0.15, 0.2) is 29.4 Å². The lowest BCUT2D eigenvalue weighted by molar-refractivity contribution is 0.662. The van der Waals surface area contributed by atoms with E-state index in [1.54, 1.807) is 0 Å². The second-order valence-corrected chi connectivity index (χ2v) is 4.67. The Kier molecular flexibility index (Phi) is 3.83. The molecule has 0 aromatic heterocycles. The third-order valence-electron chi connectivity index (χ3n) is 2.90. The van der Waals surface area contributed by atoms with Crippen LogP contribution in [0.4, 0.5) is 5.69 Å². The topological polar surface area (TPSA) is 15.6 Å². The number of hydrogen-bond acceptors (Lipinski definition) is 2. The summed E-state index contributed by atoms with van der Waals surface area (Å²) in [7, 11) is 1.98. The zero-order chi connectivity index (χ0) is 11.4. The molecule has 0 spiro atoms. The van der Waals surface area contributed by atoms with Crippen molar-refractivity contribution in [1.29, 1.82) is 0 Å². The summed E-state index contributed by atoms with van der Waals surface area (Å²) in [5.74, 6) is 0. The molecule has 1 aliphatic rings. The molecular weight excluding hydrogens is 220 g/mol. The van der Waals surface area contributed by atoms with Gasteiger partial charge < -0.3 is 0 Å². The molecule has 1 aromatic carbocycles. The predicted octanol–water partition coefficient (Wildman–Crippen LogP) is 4.10. The molecule has 86 valence electrons. The van der Waals surface area contributed by atoms with Crippen molar-refractivity contribution in [1.82, 2.24) is 0 Å². The van der Waals surface area contributed by atoms with Crippen molar-refractivity contribution in [3.63, 3.8) is 0 Å². The summed E-state index contributed by atoms with van der Waals surface area (Å²) < 4.78 is 0. The summed E-state index contributed by atoms with van der Waals surface area (Å²) >= 11 is 5.96. The lowest BCUT2D eigenvalue weighted by Gasteiger charge is -2.18. The third-order valence-corrected chi connectivity index (χ3v) is 3.14. The number of halogens is 1. The molecule has 0 N–H and O–H groups in total. The average Bonchev–Trinajstić information content (AvgIpc) is 2.30. The van der Waals surface area contributed by atoms with E-state index in [1.807, 2.05) is 36.3 Å². The van der Waals surface area contributed by atoms with E-state index in [4.69, 9.17) is 11.6 Å². The Hall–Kier alpha value is -1.02. The molecule has 1 fully saturated rings. The van der Waals surface area contributed by atoms with Crippen molar-refractivity contribution in [2.75, 3.05) is 12.1 Å². The zero-order valence-electron chi connectivity index (χ0n) is 9.62. The van der Waals surface area contributed by atoms with Gasteiger partial charge in [0.25, 0.3) is 0 Å². The van der Waals surface area contributed by atoms with Crippen LogP contribution in [0.2, 0.25) is 5.02 Å². The van der Waals surface area contributed by atoms with E-state index in [1.165, 1.54) is 25.0 Å². The van der Waals surface area contributed by atoms with E-state index in [2.05, 4.69) is 5.10 Å². The molecule has 16 heavy (non-hydrogen) atoms. The average molecular weight is 237 g/mol. The van der Waals surface area contributed by atoms with Gasteiger partial charge in [0.1, 0.15) is 0 Å². The van der Waals surface area contributed by atoms with Crippen molar-refractivity contribution in [3.8, 4) is 0 Å². The molecule has 0 radical (unpaired) electrons. The normalized spacial score (nSPS) is 16.0. The highest BCUT2D eigenvalue weighted by Gasteiger charge is 2.08. The minimum Gasteiger partial charge on any atom is -0.269 e. The van der Waals surface area contributed by atoms with Crippen molar-refractivity contribution in [2.45, 2.75) is 32.1 Å². The summed E-state index contributed by atoms with van der Waals surface area (Å²) in [6.07, 6.45) is 6.19. The quantitative estimate of drug-likeness (QED) is 0.706. The van der Waals surface area contributed by atoms with E-state index >= 15 is 0 Å². The van der Waals surface area contributed by atoms with Gasteiger partial charge in [0.2, 0.25) is 0 Å². The fourth-order valence-corrected chi connectivity index (χ4v) is 2.19. The van der Waals surface area contributed by atoms with Gasteiger partial charge in [-0.25, -0.2) is 0 Å². The second-order valence-electron chi connectivity index (χ2n) is 4.23. The van der Waals surface area contributed by atoms with Gasteiger partial charge in [-0.2, -0.15) is 5.10 Å². The van der Waals surface area contributed by atoms with Crippen LogP contribution >= 0.6 is 11.6 Å². The summed E-state index contributed by atoms with van der Waals surface area (Å²) in [4.78, 5) is 0. The highest BCUT2D eigenvalue weighted by Crippen LogP contribution is 2.20. The van der Waals surface area contributed by atoms with Gasteiger partial charge in [0.05, 0.1) is 5.69 Å². The lowest BCUT2D eigenvalue weighted by atomic mass is 9.99. The van der Waals surface area contributed by atoms with Crippen LogP contribution in [0.1, 0.15) is 32.1 Å². The van der Waals surface area contributed by atoms with E-state index in [9.17, 15) is 0 Å². The number of rotatable bonds is 2. The van der Waals surface area contributed by atoms with Crippen LogP contribution in [-0.4, -0.2) is 12.8 Å². The van der Waals surface area contributed by atoms with Crippen LogP contribution in [0.3, 0.4) is 0 Å². The first-order valence-corrected chi connectivity index (χ1v) is 6.19. The molecule has 2 nitrogen and oxygen atoms in total. The molecule has 0 saturated heterocycles. The maximum absolute atomic E-state index is 5.96. The Morgan fingerprint density at radius 2 is 1.94 bits per heavy atom. The third kappa shape index (κ3) is 2.99. The highest BCUT2D eigenvalue weighted by molar-refractivity contribution is 6.30. The number of benzene rings is 1. The van der Waals surface area contributed by atoms with Crippen molar-refractivity contribution in [2.24, 2.45) is 5.10 Å². The van der Waals surface area contributed by atoms with E-state index in [0.29, 0.717) is 0 Å². The summed E-state index contributed by atoms with van der Waals surface area (Å²) in [6.45, 7) is 0. The first kappa shape index (κ1) is 11.5. The number of hydrogen-bond donors (Lipinski definition) is 0. The minimum atomic E-state index is 0.758. The Morgan fingerprint density at radius 1 is 1.19 bits per heavy atom. The van der Waals surface area contributed by atoms with Gasteiger partial charge in [-0.15, -0.1) is 0 Å². The number of anilines is 1. The monoisotopic (exact) mass is 236 g/mol. The SMILES string of the molecule is CN(N=C1CCCCC1)c1cccc(Cl)c1. The molecule has 0 atom stereocenters. The van der Waals surface area contributed by atoms with Gasteiger partial charge >= 0.3 is 0 Å². The van der Waals surface area contributed by atoms with Crippen LogP contribution in [-0.2, 0) is 0 Å². The molecule has 0 aliphatic heterocycles. The molecule has 0 unspecified atom stereocenters. The van der Waals surface area contributed by atoms with Gasteiger partial charge in [-0.05, 0) is 43.9 Å². The Bertz CT molecular complexity index is 379. The van der Waals surface area contributed by atoms with Crippen molar-refractivity contribution in [3.05, 3.63) is 29.3 Å². The van der Waals surface area contributed by atoms with Crippen LogP contribution < -0.4 is 5.01 Å². The molecule has 1 aliphatic carbocycles. The van der Waals surface area contributed by atoms with Crippen LogP contribution in [0.5, 0.6) is 0 Å². The van der Waals surface area contributed by atoms with Gasteiger partial charge in [-0.3, -0.25) is 5.01 Å². The van der Waals surface area contributed by atoms with E-state index in [-0.39, 0.29) is 0 Å². The van der Waals surface area contributed by atoms with Crippen molar-refractivity contribution >= 4 is 23.0 Å². The predicted molar refractivity (Wildman–Crippen MR) is 70.4 cm³/mol. The Morgan fingerprint density at radius 3 is 2.62 bits per heavy atom. The maximum Gasteiger partial charge on any atom is 0.0605 e. The Balaban J connectivity index is 2.09. The van der Waals surface area contributed by atoms with Gasteiger partial charge in [-0.1, -0.05) is 24.1 Å². The fraction of sp³-hybridized carbons (Fsp3) is 0.462.